The Balaban J connectivity index is 2.49. The molecule has 0 aliphatic rings. The van der Waals surface area contributed by atoms with Crippen LogP contribution in [0.2, 0.25) is 5.02 Å². The molecule has 1 amide bonds. The standard InChI is InChI=1S/C12H15ClN2O5S/c1-8(12(14)17)20-11(16)6-7-15-21(18,19)10-4-2-9(13)3-5-10/h2-5,8,15H,6-7H2,1H3,(H2,14,17)/t8-/m1/s1. The zero-order chi connectivity index (χ0) is 16.0. The number of nitrogens with one attached hydrogen (secondary N) is 1. The summed E-state index contributed by atoms with van der Waals surface area (Å²) in [6.07, 6.45) is -1.27. The van der Waals surface area contributed by atoms with Gasteiger partial charge in [0, 0.05) is 11.6 Å². The van der Waals surface area contributed by atoms with E-state index in [2.05, 4.69) is 9.46 Å². The van der Waals surface area contributed by atoms with Gasteiger partial charge in [-0.05, 0) is 31.2 Å². The molecule has 0 saturated carbocycles. The van der Waals surface area contributed by atoms with E-state index in [0.717, 1.165) is 0 Å². The fourth-order valence-electron chi connectivity index (χ4n) is 1.30. The van der Waals surface area contributed by atoms with E-state index in [4.69, 9.17) is 17.3 Å². The maximum Gasteiger partial charge on any atom is 0.307 e. The number of benzene rings is 1. The Bertz CT molecular complexity index is 615. The second-order valence-electron chi connectivity index (χ2n) is 4.14. The van der Waals surface area contributed by atoms with Crippen LogP contribution in [0.15, 0.2) is 29.2 Å². The number of halogens is 1. The van der Waals surface area contributed by atoms with Crippen molar-refractivity contribution in [3.05, 3.63) is 29.3 Å². The molecule has 0 saturated heterocycles. The van der Waals surface area contributed by atoms with E-state index in [9.17, 15) is 18.0 Å². The van der Waals surface area contributed by atoms with Gasteiger partial charge in [-0.15, -0.1) is 0 Å². The molecule has 3 N–H and O–H groups in total. The highest BCUT2D eigenvalue weighted by molar-refractivity contribution is 7.89. The number of rotatable bonds is 7. The van der Waals surface area contributed by atoms with Gasteiger partial charge in [0.1, 0.15) is 0 Å². The molecule has 0 aliphatic carbocycles. The lowest BCUT2D eigenvalue weighted by Crippen LogP contribution is -2.32. The van der Waals surface area contributed by atoms with Crippen LogP contribution in [0.1, 0.15) is 13.3 Å². The summed E-state index contributed by atoms with van der Waals surface area (Å²) in [6.45, 7) is 1.17. The third-order valence-corrected chi connectivity index (χ3v) is 4.18. The third kappa shape index (κ3) is 5.70. The average Bonchev–Trinajstić information content (AvgIpc) is 2.38. The van der Waals surface area contributed by atoms with Crippen molar-refractivity contribution < 1.29 is 22.7 Å². The second-order valence-corrected chi connectivity index (χ2v) is 6.34. The first kappa shape index (κ1) is 17.4. The molecule has 21 heavy (non-hydrogen) atoms. The van der Waals surface area contributed by atoms with Gasteiger partial charge in [0.2, 0.25) is 10.0 Å². The smallest absolute Gasteiger partial charge is 0.307 e. The van der Waals surface area contributed by atoms with Crippen LogP contribution in [-0.4, -0.2) is 32.9 Å². The maximum atomic E-state index is 11.9. The molecular formula is C12H15ClN2O5S. The highest BCUT2D eigenvalue weighted by atomic mass is 35.5. The molecule has 0 spiro atoms. The van der Waals surface area contributed by atoms with Crippen LogP contribution in [-0.2, 0) is 24.3 Å². The molecule has 9 heteroatoms. The average molecular weight is 335 g/mol. The number of carbonyl (C=O) groups excluding carboxylic acids is 2. The van der Waals surface area contributed by atoms with E-state index < -0.39 is 28.0 Å². The number of sulfonamides is 1. The van der Waals surface area contributed by atoms with Crippen LogP contribution in [0.5, 0.6) is 0 Å². The lowest BCUT2D eigenvalue weighted by atomic mass is 10.4. The Morgan fingerprint density at radius 1 is 1.33 bits per heavy atom. The van der Waals surface area contributed by atoms with Crippen LogP contribution in [0.3, 0.4) is 0 Å². The van der Waals surface area contributed by atoms with Crippen molar-refractivity contribution in [2.75, 3.05) is 6.54 Å². The van der Waals surface area contributed by atoms with Crippen LogP contribution >= 0.6 is 11.6 Å². The minimum Gasteiger partial charge on any atom is -0.453 e. The van der Waals surface area contributed by atoms with Crippen LogP contribution in [0.25, 0.3) is 0 Å². The van der Waals surface area contributed by atoms with Crippen LogP contribution in [0.4, 0.5) is 0 Å². The predicted molar refractivity (Wildman–Crippen MR) is 76.0 cm³/mol. The minimum atomic E-state index is -3.73. The lowest BCUT2D eigenvalue weighted by Gasteiger charge is -2.10. The number of amides is 1. The zero-order valence-electron chi connectivity index (χ0n) is 11.2. The van der Waals surface area contributed by atoms with Gasteiger partial charge >= 0.3 is 5.97 Å². The molecule has 0 aromatic heterocycles. The molecule has 116 valence electrons. The first-order valence-electron chi connectivity index (χ1n) is 5.96. The molecule has 0 fully saturated rings. The van der Waals surface area contributed by atoms with Gasteiger partial charge in [-0.3, -0.25) is 9.59 Å². The topological polar surface area (TPSA) is 116 Å². The first-order valence-corrected chi connectivity index (χ1v) is 7.82. The Labute approximate surface area is 127 Å². The number of hydrogen-bond donors (Lipinski definition) is 2. The second kappa shape index (κ2) is 7.39. The fourth-order valence-corrected chi connectivity index (χ4v) is 2.46. The first-order chi connectivity index (χ1) is 9.72. The van der Waals surface area contributed by atoms with Gasteiger partial charge in [0.15, 0.2) is 6.10 Å². The molecule has 0 aliphatic heterocycles. The summed E-state index contributed by atoms with van der Waals surface area (Å²) in [6, 6.07) is 5.58. The Morgan fingerprint density at radius 3 is 2.43 bits per heavy atom. The van der Waals surface area contributed by atoms with Gasteiger partial charge in [-0.2, -0.15) is 0 Å². The molecule has 7 nitrogen and oxygen atoms in total. The normalized spacial score (nSPS) is 12.7. The molecule has 0 heterocycles. The molecule has 0 radical (unpaired) electrons. The van der Waals surface area contributed by atoms with Crippen molar-refractivity contribution in [3.63, 3.8) is 0 Å². The molecule has 0 unspecified atom stereocenters. The van der Waals surface area contributed by atoms with Crippen molar-refractivity contribution in [3.8, 4) is 0 Å². The molecule has 1 rings (SSSR count). The van der Waals surface area contributed by atoms with Crippen LogP contribution in [0, 0.1) is 0 Å². The van der Waals surface area contributed by atoms with Crippen molar-refractivity contribution in [2.24, 2.45) is 5.73 Å². The zero-order valence-corrected chi connectivity index (χ0v) is 12.8. The predicted octanol–water partition coefficient (Wildman–Crippen LogP) is 0.425. The molecule has 1 atom stereocenters. The van der Waals surface area contributed by atoms with E-state index in [1.165, 1.54) is 31.2 Å². The van der Waals surface area contributed by atoms with E-state index >= 15 is 0 Å². The molecule has 0 bridgehead atoms. The van der Waals surface area contributed by atoms with Crippen molar-refractivity contribution in [1.82, 2.24) is 4.72 Å². The third-order valence-electron chi connectivity index (χ3n) is 2.45. The summed E-state index contributed by atoms with van der Waals surface area (Å²) in [7, 11) is -3.73. The van der Waals surface area contributed by atoms with Gasteiger partial charge in [0.05, 0.1) is 11.3 Å². The number of carbonyl (C=O) groups is 2. The Morgan fingerprint density at radius 2 is 1.90 bits per heavy atom. The summed E-state index contributed by atoms with van der Waals surface area (Å²) in [5.74, 6) is -1.50. The molecule has 1 aromatic rings. The number of ether oxygens (including phenoxy) is 1. The Kier molecular flexibility index (Phi) is 6.13. The van der Waals surface area contributed by atoms with E-state index in [1.807, 2.05) is 0 Å². The minimum absolute atomic E-state index is 0.0331. The highest BCUT2D eigenvalue weighted by Gasteiger charge is 2.17. The summed E-state index contributed by atoms with van der Waals surface area (Å²) < 4.78 is 30.7. The quantitative estimate of drug-likeness (QED) is 0.701. The number of esters is 1. The summed E-state index contributed by atoms with van der Waals surface area (Å²) >= 11 is 5.67. The van der Waals surface area contributed by atoms with Crippen molar-refractivity contribution >= 4 is 33.5 Å². The molecular weight excluding hydrogens is 320 g/mol. The van der Waals surface area contributed by atoms with Gasteiger partial charge in [-0.25, -0.2) is 13.1 Å². The molecule has 1 aromatic carbocycles. The van der Waals surface area contributed by atoms with E-state index in [1.54, 1.807) is 0 Å². The lowest BCUT2D eigenvalue weighted by molar-refractivity contribution is -0.153. The Hall–Kier alpha value is -1.64. The number of hydrogen-bond acceptors (Lipinski definition) is 5. The maximum absolute atomic E-state index is 11.9. The largest absolute Gasteiger partial charge is 0.453 e. The van der Waals surface area contributed by atoms with E-state index in [0.29, 0.717) is 5.02 Å². The summed E-state index contributed by atoms with van der Waals surface area (Å²) in [4.78, 5) is 22.1. The number of nitrogens with two attached hydrogens (primary N) is 1. The summed E-state index contributed by atoms with van der Waals surface area (Å²) in [5.41, 5.74) is 4.93. The SMILES string of the molecule is C[C@@H](OC(=O)CCNS(=O)(=O)c1ccc(Cl)cc1)C(N)=O. The van der Waals surface area contributed by atoms with E-state index in [-0.39, 0.29) is 17.9 Å². The van der Waals surface area contributed by atoms with Gasteiger partial charge < -0.3 is 10.5 Å². The van der Waals surface area contributed by atoms with Gasteiger partial charge in [-0.1, -0.05) is 11.6 Å². The van der Waals surface area contributed by atoms with Crippen LogP contribution < -0.4 is 10.5 Å². The monoisotopic (exact) mass is 334 g/mol. The van der Waals surface area contributed by atoms with Crippen molar-refractivity contribution in [1.29, 1.82) is 0 Å². The van der Waals surface area contributed by atoms with Gasteiger partial charge in [0.25, 0.3) is 5.91 Å². The van der Waals surface area contributed by atoms with Crippen molar-refractivity contribution in [2.45, 2.75) is 24.3 Å². The highest BCUT2D eigenvalue weighted by Crippen LogP contribution is 2.13. The fraction of sp³-hybridized carbons (Fsp3) is 0.333. The summed E-state index contributed by atoms with van der Waals surface area (Å²) in [5, 5.41) is 0.415. The number of primary amides is 1.